The van der Waals surface area contributed by atoms with Gasteiger partial charge < -0.3 is 5.73 Å². The normalized spacial score (nSPS) is 13.5. The third-order valence-electron chi connectivity index (χ3n) is 3.74. The van der Waals surface area contributed by atoms with Gasteiger partial charge in [-0.05, 0) is 44.2 Å². The quantitative estimate of drug-likeness (QED) is 0.923. The van der Waals surface area contributed by atoms with E-state index in [-0.39, 0.29) is 12.4 Å². The molecule has 1 heterocycles. The number of hydrogen-bond donors (Lipinski definition) is 1. The molecular weight excluding hydrogens is 270 g/mol. The third-order valence-corrected chi connectivity index (χ3v) is 3.74. The fourth-order valence-electron chi connectivity index (χ4n) is 2.75. The number of benzene rings is 1. The number of nitrogens with two attached hydrogens (primary N) is 1. The van der Waals surface area contributed by atoms with Crippen molar-refractivity contribution in [3.63, 3.8) is 0 Å². The van der Waals surface area contributed by atoms with Gasteiger partial charge in [0.1, 0.15) is 0 Å². The van der Waals surface area contributed by atoms with Crippen molar-refractivity contribution in [3.8, 4) is 11.4 Å². The predicted molar refractivity (Wildman–Crippen MR) is 84.0 cm³/mol. The van der Waals surface area contributed by atoms with E-state index >= 15 is 0 Å². The van der Waals surface area contributed by atoms with Crippen LogP contribution in [-0.2, 0) is 19.4 Å². The molecule has 0 aliphatic heterocycles. The van der Waals surface area contributed by atoms with E-state index in [9.17, 15) is 0 Å². The Morgan fingerprint density at radius 3 is 2.70 bits per heavy atom. The summed E-state index contributed by atoms with van der Waals surface area (Å²) in [7, 11) is 0. The summed E-state index contributed by atoms with van der Waals surface area (Å²) in [6.07, 6.45) is 4.59. The molecule has 3 nitrogen and oxygen atoms in total. The van der Waals surface area contributed by atoms with Gasteiger partial charge in [0.25, 0.3) is 0 Å². The maximum Gasteiger partial charge on any atom is 0.159 e. The Morgan fingerprint density at radius 1 is 1.15 bits per heavy atom. The summed E-state index contributed by atoms with van der Waals surface area (Å²) in [5, 5.41) is 0. The van der Waals surface area contributed by atoms with E-state index in [2.05, 4.69) is 36.2 Å². The summed E-state index contributed by atoms with van der Waals surface area (Å²) < 4.78 is 0. The van der Waals surface area contributed by atoms with Crippen LogP contribution in [0, 0.1) is 6.92 Å². The van der Waals surface area contributed by atoms with Crippen LogP contribution >= 0.6 is 12.4 Å². The highest BCUT2D eigenvalue weighted by molar-refractivity contribution is 5.85. The number of fused-ring (bicyclic) bond motifs is 1. The highest BCUT2D eigenvalue weighted by atomic mass is 35.5. The standard InChI is InChI=1S/C16H19N3.ClH/c1-11-5-4-6-12(9-11)16-18-14-8-3-2-7-13(14)15(10-17)19-16;/h4-6,9H,2-3,7-8,10,17H2,1H3;1H. The highest BCUT2D eigenvalue weighted by Crippen LogP contribution is 2.25. The molecule has 1 aliphatic rings. The van der Waals surface area contributed by atoms with Gasteiger partial charge in [0.15, 0.2) is 5.82 Å². The number of halogens is 1. The van der Waals surface area contributed by atoms with Gasteiger partial charge in [-0.15, -0.1) is 12.4 Å². The Morgan fingerprint density at radius 2 is 1.95 bits per heavy atom. The molecule has 106 valence electrons. The van der Waals surface area contributed by atoms with Crippen LogP contribution in [0.1, 0.15) is 35.4 Å². The summed E-state index contributed by atoms with van der Waals surface area (Å²) in [6.45, 7) is 2.59. The van der Waals surface area contributed by atoms with Crippen LogP contribution in [0.15, 0.2) is 24.3 Å². The molecule has 1 aromatic carbocycles. The molecule has 0 radical (unpaired) electrons. The Hall–Kier alpha value is -1.45. The summed E-state index contributed by atoms with van der Waals surface area (Å²) >= 11 is 0. The minimum absolute atomic E-state index is 0. The van der Waals surface area contributed by atoms with E-state index in [0.717, 1.165) is 29.9 Å². The van der Waals surface area contributed by atoms with Gasteiger partial charge in [0.2, 0.25) is 0 Å². The SMILES string of the molecule is Cc1cccc(-c2nc(CN)c3c(n2)CCCC3)c1.Cl. The molecule has 2 aromatic rings. The van der Waals surface area contributed by atoms with Gasteiger partial charge >= 0.3 is 0 Å². The zero-order chi connectivity index (χ0) is 13.2. The van der Waals surface area contributed by atoms with Crippen LogP contribution in [0.2, 0.25) is 0 Å². The Bertz CT molecular complexity index is 593. The van der Waals surface area contributed by atoms with Crippen LogP contribution < -0.4 is 5.73 Å². The largest absolute Gasteiger partial charge is 0.325 e. The summed E-state index contributed by atoms with van der Waals surface area (Å²) in [6, 6.07) is 8.34. The van der Waals surface area contributed by atoms with Gasteiger partial charge in [-0.3, -0.25) is 0 Å². The number of hydrogen-bond acceptors (Lipinski definition) is 3. The number of aromatic nitrogens is 2. The van der Waals surface area contributed by atoms with Gasteiger partial charge in [0, 0.05) is 17.8 Å². The van der Waals surface area contributed by atoms with Crippen molar-refractivity contribution in [1.82, 2.24) is 9.97 Å². The summed E-state index contributed by atoms with van der Waals surface area (Å²) in [5.41, 5.74) is 11.7. The molecule has 0 saturated heterocycles. The lowest BCUT2D eigenvalue weighted by atomic mass is 9.94. The van der Waals surface area contributed by atoms with Crippen molar-refractivity contribution in [2.75, 3.05) is 0 Å². The molecule has 0 spiro atoms. The first-order chi connectivity index (χ1) is 9.28. The van der Waals surface area contributed by atoms with Crippen LogP contribution in [0.5, 0.6) is 0 Å². The second-order valence-electron chi connectivity index (χ2n) is 5.20. The van der Waals surface area contributed by atoms with E-state index in [4.69, 9.17) is 10.7 Å². The first-order valence-corrected chi connectivity index (χ1v) is 6.93. The first kappa shape index (κ1) is 14.9. The fraction of sp³-hybridized carbons (Fsp3) is 0.375. The fourth-order valence-corrected chi connectivity index (χ4v) is 2.75. The molecular formula is C16H20ClN3. The van der Waals surface area contributed by atoms with E-state index < -0.39 is 0 Å². The molecule has 0 bridgehead atoms. The van der Waals surface area contributed by atoms with Crippen molar-refractivity contribution in [2.24, 2.45) is 5.73 Å². The predicted octanol–water partition coefficient (Wildman–Crippen LogP) is 3.21. The van der Waals surface area contributed by atoms with Crippen molar-refractivity contribution < 1.29 is 0 Å². The molecule has 0 unspecified atom stereocenters. The van der Waals surface area contributed by atoms with Gasteiger partial charge in [-0.2, -0.15) is 0 Å². The van der Waals surface area contributed by atoms with Crippen molar-refractivity contribution >= 4 is 12.4 Å². The zero-order valence-electron chi connectivity index (χ0n) is 11.7. The average molecular weight is 290 g/mol. The number of rotatable bonds is 2. The van der Waals surface area contributed by atoms with Crippen LogP contribution in [0.4, 0.5) is 0 Å². The Balaban J connectivity index is 0.00000147. The molecule has 4 heteroatoms. The smallest absolute Gasteiger partial charge is 0.159 e. The summed E-state index contributed by atoms with van der Waals surface area (Å²) in [4.78, 5) is 9.45. The van der Waals surface area contributed by atoms with E-state index in [0.29, 0.717) is 6.54 Å². The maximum absolute atomic E-state index is 5.86. The van der Waals surface area contributed by atoms with Gasteiger partial charge in [-0.25, -0.2) is 9.97 Å². The Labute approximate surface area is 126 Å². The minimum Gasteiger partial charge on any atom is -0.325 e. The molecule has 0 saturated carbocycles. The minimum atomic E-state index is 0. The van der Waals surface area contributed by atoms with E-state index in [1.54, 1.807) is 0 Å². The molecule has 2 N–H and O–H groups in total. The number of nitrogens with zero attached hydrogens (tertiary/aromatic N) is 2. The molecule has 3 rings (SSSR count). The molecule has 20 heavy (non-hydrogen) atoms. The van der Waals surface area contributed by atoms with Crippen LogP contribution in [0.25, 0.3) is 11.4 Å². The number of aryl methyl sites for hydroxylation is 2. The van der Waals surface area contributed by atoms with Crippen LogP contribution in [0.3, 0.4) is 0 Å². The van der Waals surface area contributed by atoms with Crippen molar-refractivity contribution in [3.05, 3.63) is 46.8 Å². The molecule has 0 amide bonds. The lowest BCUT2D eigenvalue weighted by Gasteiger charge is -2.18. The average Bonchev–Trinajstić information content (AvgIpc) is 2.46. The molecule has 1 aromatic heterocycles. The molecule has 1 aliphatic carbocycles. The Kier molecular flexibility index (Phi) is 4.73. The van der Waals surface area contributed by atoms with Gasteiger partial charge in [-0.1, -0.05) is 23.8 Å². The second-order valence-corrected chi connectivity index (χ2v) is 5.20. The van der Waals surface area contributed by atoms with E-state index in [1.165, 1.54) is 29.7 Å². The topological polar surface area (TPSA) is 51.8 Å². The highest BCUT2D eigenvalue weighted by Gasteiger charge is 2.17. The van der Waals surface area contributed by atoms with Crippen molar-refractivity contribution in [2.45, 2.75) is 39.2 Å². The van der Waals surface area contributed by atoms with Crippen LogP contribution in [-0.4, -0.2) is 9.97 Å². The summed E-state index contributed by atoms with van der Waals surface area (Å²) in [5.74, 6) is 0.824. The van der Waals surface area contributed by atoms with Crippen molar-refractivity contribution in [1.29, 1.82) is 0 Å². The van der Waals surface area contributed by atoms with E-state index in [1.807, 2.05) is 0 Å². The third kappa shape index (κ3) is 2.84. The first-order valence-electron chi connectivity index (χ1n) is 6.93. The zero-order valence-corrected chi connectivity index (χ0v) is 12.5. The molecule has 0 fully saturated rings. The lowest BCUT2D eigenvalue weighted by molar-refractivity contribution is 0.652. The molecule has 0 atom stereocenters. The second kappa shape index (κ2) is 6.33. The van der Waals surface area contributed by atoms with Gasteiger partial charge in [0.05, 0.1) is 5.69 Å². The maximum atomic E-state index is 5.86. The lowest BCUT2D eigenvalue weighted by Crippen LogP contribution is -2.14. The monoisotopic (exact) mass is 289 g/mol.